The summed E-state index contributed by atoms with van der Waals surface area (Å²) in [4.78, 5) is 0. The molecule has 1 radical (unpaired) electrons. The molecular weight excluding hydrogens is 348 g/mol. The molecule has 0 heterocycles. The molecule has 0 fully saturated rings. The first kappa shape index (κ1) is 16.3. The average molecular weight is 367 g/mol. The van der Waals surface area contributed by atoms with Crippen LogP contribution < -0.4 is 10.4 Å². The van der Waals surface area contributed by atoms with Crippen LogP contribution in [0.15, 0.2) is 115 Å². The van der Waals surface area contributed by atoms with Gasteiger partial charge in [-0.3, -0.25) is 0 Å². The lowest BCUT2D eigenvalue weighted by Gasteiger charge is -2.32. The molecule has 0 atom stereocenters. The maximum absolute atomic E-state index is 3.47. The van der Waals surface area contributed by atoms with Gasteiger partial charge in [0.25, 0.3) is 0 Å². The lowest BCUT2D eigenvalue weighted by Crippen LogP contribution is -2.26. The van der Waals surface area contributed by atoms with Crippen molar-refractivity contribution in [3.63, 3.8) is 0 Å². The zero-order valence-corrected chi connectivity index (χ0v) is 16.0. The summed E-state index contributed by atoms with van der Waals surface area (Å²) in [5, 5.41) is 5.03. The lowest BCUT2D eigenvalue weighted by atomic mass is 9.70. The van der Waals surface area contributed by atoms with E-state index in [2.05, 4.69) is 121 Å². The van der Waals surface area contributed by atoms with Crippen LogP contribution in [-0.4, -0.2) is 0 Å². The van der Waals surface area contributed by atoms with Crippen LogP contribution in [0.4, 0.5) is 0 Å². The first-order chi connectivity index (χ1) is 14.4. The molecule has 29 heavy (non-hydrogen) atoms. The van der Waals surface area contributed by atoms with Crippen molar-refractivity contribution in [3.8, 4) is 0 Å². The molecule has 0 saturated heterocycles. The molecule has 0 amide bonds. The molecule has 0 unspecified atom stereocenters. The predicted octanol–water partition coefficient (Wildman–Crippen LogP) is 5.07. The Labute approximate surface area is 170 Å². The molecule has 6 rings (SSSR count). The van der Waals surface area contributed by atoms with Crippen LogP contribution in [0.2, 0.25) is 0 Å². The molecule has 0 bridgehead atoms. The Morgan fingerprint density at radius 1 is 0.690 bits per heavy atom. The Balaban J connectivity index is 1.66. The predicted molar refractivity (Wildman–Crippen MR) is 121 cm³/mol. The van der Waals surface area contributed by atoms with Gasteiger partial charge in [0.2, 0.25) is 0 Å². The van der Waals surface area contributed by atoms with Gasteiger partial charge in [-0.05, 0) is 61.7 Å². The summed E-state index contributed by atoms with van der Waals surface area (Å²) in [6, 6.07) is 35.7. The molecule has 0 heteroatoms. The summed E-state index contributed by atoms with van der Waals surface area (Å²) in [5.74, 6) is 0. The van der Waals surface area contributed by atoms with Crippen molar-refractivity contribution in [2.75, 3.05) is 0 Å². The van der Waals surface area contributed by atoms with E-state index in [1.54, 1.807) is 0 Å². The topological polar surface area (TPSA) is 0 Å². The highest BCUT2D eigenvalue weighted by atomic mass is 14.3. The quantitative estimate of drug-likeness (QED) is 0.464. The number of hydrogen-bond donors (Lipinski definition) is 0. The van der Waals surface area contributed by atoms with Crippen LogP contribution >= 0.6 is 0 Å². The van der Waals surface area contributed by atoms with Crippen LogP contribution in [0.1, 0.15) is 11.1 Å². The highest BCUT2D eigenvalue weighted by molar-refractivity contribution is 5.95. The van der Waals surface area contributed by atoms with Gasteiger partial charge in [-0.25, -0.2) is 0 Å². The van der Waals surface area contributed by atoms with Crippen molar-refractivity contribution in [2.45, 2.75) is 5.41 Å². The molecular formula is C29H19. The number of rotatable bonds is 2. The Morgan fingerprint density at radius 2 is 1.34 bits per heavy atom. The van der Waals surface area contributed by atoms with E-state index in [4.69, 9.17) is 0 Å². The highest BCUT2D eigenvalue weighted by Gasteiger charge is 2.33. The van der Waals surface area contributed by atoms with Gasteiger partial charge in [-0.15, -0.1) is 0 Å². The molecule has 0 aromatic heterocycles. The molecule has 135 valence electrons. The van der Waals surface area contributed by atoms with Crippen LogP contribution in [0.3, 0.4) is 0 Å². The fourth-order valence-corrected chi connectivity index (χ4v) is 4.75. The van der Waals surface area contributed by atoms with Crippen molar-refractivity contribution in [3.05, 3.63) is 142 Å². The van der Waals surface area contributed by atoms with E-state index in [9.17, 15) is 0 Å². The molecule has 0 saturated carbocycles. The average Bonchev–Trinajstić information content (AvgIpc) is 3.18. The van der Waals surface area contributed by atoms with E-state index in [0.717, 1.165) is 0 Å². The number of benzene rings is 4. The van der Waals surface area contributed by atoms with Gasteiger partial charge in [0.1, 0.15) is 0 Å². The Kier molecular flexibility index (Phi) is 3.48. The Hall–Kier alpha value is -3.64. The third kappa shape index (κ3) is 2.39. The van der Waals surface area contributed by atoms with Gasteiger partial charge in [0.15, 0.2) is 0 Å². The molecule has 2 aliphatic rings. The lowest BCUT2D eigenvalue weighted by molar-refractivity contribution is 0.808. The van der Waals surface area contributed by atoms with Crippen molar-refractivity contribution >= 4 is 22.4 Å². The number of allylic oxidation sites excluding steroid dienone is 4. The van der Waals surface area contributed by atoms with Crippen LogP contribution in [0.5, 0.6) is 0 Å². The van der Waals surface area contributed by atoms with Crippen LogP contribution in [-0.2, 0) is 5.41 Å². The number of fused-ring (bicyclic) bond motifs is 4. The zero-order chi connectivity index (χ0) is 19.3. The SMILES string of the molecule is [c]1cc2c(c3ccccc13)=CC1=CC(c3ccccc3)(c3ccccc3)C=CC=21. The van der Waals surface area contributed by atoms with Gasteiger partial charge < -0.3 is 0 Å². The second kappa shape index (κ2) is 6.18. The summed E-state index contributed by atoms with van der Waals surface area (Å²) >= 11 is 0. The fraction of sp³-hybridized carbons (Fsp3) is 0.0345. The minimum Gasteiger partial charge on any atom is -0.0651 e. The summed E-state index contributed by atoms with van der Waals surface area (Å²) in [6.45, 7) is 0. The van der Waals surface area contributed by atoms with Crippen molar-refractivity contribution < 1.29 is 0 Å². The minimum atomic E-state index is -0.264. The van der Waals surface area contributed by atoms with E-state index >= 15 is 0 Å². The first-order valence-electron chi connectivity index (χ1n) is 10.0. The van der Waals surface area contributed by atoms with Crippen molar-refractivity contribution in [1.82, 2.24) is 0 Å². The smallest absolute Gasteiger partial charge is 0.0574 e. The zero-order valence-electron chi connectivity index (χ0n) is 16.0. The van der Waals surface area contributed by atoms with Crippen LogP contribution in [0, 0.1) is 6.07 Å². The van der Waals surface area contributed by atoms with Gasteiger partial charge in [-0.1, -0.05) is 103 Å². The molecule has 4 aromatic rings. The standard InChI is InChI=1S/C29H19/c1-3-10-23(11-4-1)29(24-12-5-2-6-13-24)18-17-26-22(20-29)19-28-25-14-8-7-9-21(25)15-16-27(26)28/h1-14,16-20H. The highest BCUT2D eigenvalue weighted by Crippen LogP contribution is 2.41. The third-order valence-corrected chi connectivity index (χ3v) is 6.18. The van der Waals surface area contributed by atoms with E-state index in [1.165, 1.54) is 43.5 Å². The summed E-state index contributed by atoms with van der Waals surface area (Å²) in [7, 11) is 0. The normalized spacial score (nSPS) is 16.1. The van der Waals surface area contributed by atoms with Crippen molar-refractivity contribution in [2.24, 2.45) is 0 Å². The molecule has 0 nitrogen and oxygen atoms in total. The second-order valence-corrected chi connectivity index (χ2v) is 7.75. The van der Waals surface area contributed by atoms with E-state index in [0.29, 0.717) is 0 Å². The van der Waals surface area contributed by atoms with Gasteiger partial charge in [0.05, 0.1) is 5.41 Å². The maximum atomic E-state index is 3.47. The first-order valence-corrected chi connectivity index (χ1v) is 10.0. The monoisotopic (exact) mass is 367 g/mol. The Morgan fingerprint density at radius 3 is 2.07 bits per heavy atom. The summed E-state index contributed by atoms with van der Waals surface area (Å²) < 4.78 is 0. The van der Waals surface area contributed by atoms with Crippen LogP contribution in [0.25, 0.3) is 22.4 Å². The number of hydrogen-bond acceptors (Lipinski definition) is 0. The summed E-state index contributed by atoms with van der Waals surface area (Å²) in [6.07, 6.45) is 9.45. The van der Waals surface area contributed by atoms with Crippen molar-refractivity contribution in [1.29, 1.82) is 0 Å². The largest absolute Gasteiger partial charge is 0.0651 e. The maximum Gasteiger partial charge on any atom is 0.0574 e. The van der Waals surface area contributed by atoms with Gasteiger partial charge in [0, 0.05) is 0 Å². The van der Waals surface area contributed by atoms with E-state index in [-0.39, 0.29) is 5.41 Å². The molecule has 0 aliphatic heterocycles. The van der Waals surface area contributed by atoms with E-state index < -0.39 is 0 Å². The fourth-order valence-electron chi connectivity index (χ4n) is 4.75. The van der Waals surface area contributed by atoms with Gasteiger partial charge >= 0.3 is 0 Å². The second-order valence-electron chi connectivity index (χ2n) is 7.75. The molecule has 0 N–H and O–H groups in total. The van der Waals surface area contributed by atoms with Gasteiger partial charge in [-0.2, -0.15) is 0 Å². The summed E-state index contributed by atoms with van der Waals surface area (Å²) in [5.41, 5.74) is 4.90. The molecule has 2 aliphatic carbocycles. The third-order valence-electron chi connectivity index (χ3n) is 6.18. The minimum absolute atomic E-state index is 0.264. The van der Waals surface area contributed by atoms with E-state index in [1.807, 2.05) is 0 Å². The molecule has 4 aromatic carbocycles. The Bertz CT molecular complexity index is 1380. The molecule has 0 spiro atoms.